The third-order valence-electron chi connectivity index (χ3n) is 6.60. The first-order valence-corrected chi connectivity index (χ1v) is 12.6. The minimum Gasteiger partial charge on any atom is -0.492 e. The number of nitrogens with two attached hydrogens (primary N) is 1. The maximum Gasteiger partial charge on any atom is 0.253 e. The van der Waals surface area contributed by atoms with Crippen LogP contribution in [-0.4, -0.2) is 60.3 Å². The summed E-state index contributed by atoms with van der Waals surface area (Å²) in [6.07, 6.45) is 1.78. The molecule has 1 fully saturated rings. The number of piperazine rings is 1. The first-order chi connectivity index (χ1) is 17.9. The van der Waals surface area contributed by atoms with E-state index in [0.717, 1.165) is 12.0 Å². The van der Waals surface area contributed by atoms with E-state index >= 15 is 0 Å². The molecule has 0 saturated carbocycles. The molecule has 37 heavy (non-hydrogen) atoms. The van der Waals surface area contributed by atoms with E-state index in [1.807, 2.05) is 40.1 Å². The quantitative estimate of drug-likeness (QED) is 0.487. The standard InChI is InChI=1S/C30H33N3O4/c1-22-6-4-7-23(20-22)12-13-28(34)32-15-17-33(18-16-32)30(36)25-9-5-8-24(21-25)14-19-37-27-11-3-2-10-26(27)29(31)35/h2-11,20-21H,12-19H2,1H3,(H2,31,35). The lowest BCUT2D eigenvalue weighted by atomic mass is 10.1. The number of carbonyl (C=O) groups excluding carboxylic acids is 3. The molecule has 0 aromatic heterocycles. The van der Waals surface area contributed by atoms with E-state index in [1.165, 1.54) is 11.1 Å². The SMILES string of the molecule is Cc1cccc(CCC(=O)N2CCN(C(=O)c3cccc(CCOc4ccccc4C(N)=O)c3)CC2)c1. The van der Waals surface area contributed by atoms with E-state index in [-0.39, 0.29) is 11.8 Å². The number of nitrogens with zero attached hydrogens (tertiary/aromatic N) is 2. The van der Waals surface area contributed by atoms with E-state index in [2.05, 4.69) is 25.1 Å². The summed E-state index contributed by atoms with van der Waals surface area (Å²) in [6.45, 7) is 4.54. The van der Waals surface area contributed by atoms with Gasteiger partial charge in [-0.25, -0.2) is 0 Å². The maximum absolute atomic E-state index is 13.1. The molecule has 0 radical (unpaired) electrons. The van der Waals surface area contributed by atoms with Crippen molar-refractivity contribution >= 4 is 17.7 Å². The molecule has 1 aliphatic heterocycles. The van der Waals surface area contributed by atoms with Crippen LogP contribution in [0.4, 0.5) is 0 Å². The summed E-state index contributed by atoms with van der Waals surface area (Å²) in [5.41, 5.74) is 9.71. The predicted octanol–water partition coefficient (Wildman–Crippen LogP) is 3.63. The van der Waals surface area contributed by atoms with Gasteiger partial charge in [0.25, 0.3) is 11.8 Å². The fourth-order valence-corrected chi connectivity index (χ4v) is 4.55. The summed E-state index contributed by atoms with van der Waals surface area (Å²) in [5, 5.41) is 0. The van der Waals surface area contributed by atoms with Gasteiger partial charge in [-0.2, -0.15) is 0 Å². The fourth-order valence-electron chi connectivity index (χ4n) is 4.55. The molecule has 3 aromatic carbocycles. The Hall–Kier alpha value is -4.13. The lowest BCUT2D eigenvalue weighted by molar-refractivity contribution is -0.132. The number of ether oxygens (including phenoxy) is 1. The molecule has 1 aliphatic rings. The Morgan fingerprint density at radius 2 is 1.49 bits per heavy atom. The third kappa shape index (κ3) is 6.97. The lowest BCUT2D eigenvalue weighted by Gasteiger charge is -2.35. The van der Waals surface area contributed by atoms with Gasteiger partial charge in [0.15, 0.2) is 0 Å². The first-order valence-electron chi connectivity index (χ1n) is 12.6. The van der Waals surface area contributed by atoms with Gasteiger partial charge in [-0.15, -0.1) is 0 Å². The van der Waals surface area contributed by atoms with Gasteiger partial charge in [-0.05, 0) is 48.7 Å². The Balaban J connectivity index is 1.26. The summed E-state index contributed by atoms with van der Waals surface area (Å²) in [5.74, 6) is 0.0204. The fraction of sp³-hybridized carbons (Fsp3) is 0.300. The van der Waals surface area contributed by atoms with Crippen molar-refractivity contribution in [1.29, 1.82) is 0 Å². The van der Waals surface area contributed by atoms with Crippen LogP contribution in [0.3, 0.4) is 0 Å². The smallest absolute Gasteiger partial charge is 0.253 e. The second-order valence-corrected chi connectivity index (χ2v) is 9.32. The maximum atomic E-state index is 13.1. The third-order valence-corrected chi connectivity index (χ3v) is 6.60. The molecule has 0 bridgehead atoms. The Bertz CT molecular complexity index is 1260. The summed E-state index contributed by atoms with van der Waals surface area (Å²) in [4.78, 5) is 41.0. The Kier molecular flexibility index (Phi) is 8.56. The number of carbonyl (C=O) groups is 3. The average Bonchev–Trinajstić information content (AvgIpc) is 2.92. The average molecular weight is 500 g/mol. The minimum atomic E-state index is -0.531. The largest absolute Gasteiger partial charge is 0.492 e. The predicted molar refractivity (Wildman–Crippen MR) is 143 cm³/mol. The van der Waals surface area contributed by atoms with Crippen molar-refractivity contribution in [2.75, 3.05) is 32.8 Å². The van der Waals surface area contributed by atoms with Gasteiger partial charge in [-0.1, -0.05) is 54.1 Å². The van der Waals surface area contributed by atoms with Crippen LogP contribution in [0.1, 0.15) is 43.8 Å². The van der Waals surface area contributed by atoms with Gasteiger partial charge in [0.2, 0.25) is 5.91 Å². The highest BCUT2D eigenvalue weighted by Crippen LogP contribution is 2.18. The van der Waals surface area contributed by atoms with Gasteiger partial charge in [0, 0.05) is 44.6 Å². The van der Waals surface area contributed by atoms with Crippen molar-refractivity contribution in [2.45, 2.75) is 26.2 Å². The van der Waals surface area contributed by atoms with E-state index in [9.17, 15) is 14.4 Å². The van der Waals surface area contributed by atoms with Crippen molar-refractivity contribution in [2.24, 2.45) is 5.73 Å². The topological polar surface area (TPSA) is 92.9 Å². The number of amides is 3. The number of hydrogen-bond donors (Lipinski definition) is 1. The monoisotopic (exact) mass is 499 g/mol. The summed E-state index contributed by atoms with van der Waals surface area (Å²) < 4.78 is 5.77. The second kappa shape index (κ2) is 12.2. The van der Waals surface area contributed by atoms with Crippen molar-refractivity contribution in [3.05, 3.63) is 101 Å². The molecule has 192 valence electrons. The molecule has 2 N–H and O–H groups in total. The van der Waals surface area contributed by atoms with Gasteiger partial charge < -0.3 is 20.3 Å². The van der Waals surface area contributed by atoms with Gasteiger partial charge >= 0.3 is 0 Å². The van der Waals surface area contributed by atoms with Gasteiger partial charge in [-0.3, -0.25) is 14.4 Å². The molecule has 1 heterocycles. The van der Waals surface area contributed by atoms with Gasteiger partial charge in [0.1, 0.15) is 5.75 Å². The van der Waals surface area contributed by atoms with Crippen LogP contribution in [0, 0.1) is 6.92 Å². The zero-order valence-electron chi connectivity index (χ0n) is 21.2. The molecular formula is C30H33N3O4. The highest BCUT2D eigenvalue weighted by atomic mass is 16.5. The number of para-hydroxylation sites is 1. The molecule has 0 aliphatic carbocycles. The second-order valence-electron chi connectivity index (χ2n) is 9.32. The molecule has 7 nitrogen and oxygen atoms in total. The zero-order chi connectivity index (χ0) is 26.2. The van der Waals surface area contributed by atoms with Crippen molar-refractivity contribution in [3.8, 4) is 5.75 Å². The molecule has 3 aromatic rings. The highest BCUT2D eigenvalue weighted by Gasteiger charge is 2.24. The number of primary amides is 1. The molecule has 3 amide bonds. The number of hydrogen-bond acceptors (Lipinski definition) is 4. The van der Waals surface area contributed by atoms with Crippen molar-refractivity contribution in [1.82, 2.24) is 9.80 Å². The Morgan fingerprint density at radius 1 is 0.811 bits per heavy atom. The summed E-state index contributed by atoms with van der Waals surface area (Å²) in [6, 6.07) is 22.6. The summed E-state index contributed by atoms with van der Waals surface area (Å²) >= 11 is 0. The van der Waals surface area contributed by atoms with E-state index < -0.39 is 5.91 Å². The lowest BCUT2D eigenvalue weighted by Crippen LogP contribution is -2.50. The van der Waals surface area contributed by atoms with Crippen LogP contribution < -0.4 is 10.5 Å². The van der Waals surface area contributed by atoms with E-state index in [0.29, 0.717) is 62.5 Å². The molecule has 0 spiro atoms. The molecule has 4 rings (SSSR count). The highest BCUT2D eigenvalue weighted by molar-refractivity contribution is 5.95. The van der Waals surface area contributed by atoms with E-state index in [4.69, 9.17) is 10.5 Å². The molecule has 1 saturated heterocycles. The van der Waals surface area contributed by atoms with Crippen LogP contribution in [0.15, 0.2) is 72.8 Å². The summed E-state index contributed by atoms with van der Waals surface area (Å²) in [7, 11) is 0. The van der Waals surface area contributed by atoms with Crippen LogP contribution in [0.25, 0.3) is 0 Å². The Labute approximate surface area is 217 Å². The van der Waals surface area contributed by atoms with Crippen LogP contribution in [-0.2, 0) is 17.6 Å². The van der Waals surface area contributed by atoms with Crippen LogP contribution in [0.2, 0.25) is 0 Å². The van der Waals surface area contributed by atoms with Crippen LogP contribution >= 0.6 is 0 Å². The Morgan fingerprint density at radius 3 is 2.22 bits per heavy atom. The van der Waals surface area contributed by atoms with Crippen molar-refractivity contribution in [3.63, 3.8) is 0 Å². The normalized spacial score (nSPS) is 13.3. The molecule has 0 atom stereocenters. The van der Waals surface area contributed by atoms with E-state index in [1.54, 1.807) is 24.3 Å². The number of aryl methyl sites for hydroxylation is 2. The molecule has 7 heteroatoms. The van der Waals surface area contributed by atoms with Gasteiger partial charge in [0.05, 0.1) is 12.2 Å². The molecular weight excluding hydrogens is 466 g/mol. The van der Waals surface area contributed by atoms with Crippen LogP contribution in [0.5, 0.6) is 5.75 Å². The first kappa shape index (κ1) is 25.9. The number of benzene rings is 3. The number of rotatable bonds is 9. The zero-order valence-corrected chi connectivity index (χ0v) is 21.2. The molecule has 0 unspecified atom stereocenters. The van der Waals surface area contributed by atoms with Crippen molar-refractivity contribution < 1.29 is 19.1 Å². The minimum absolute atomic E-state index is 0.0336.